The van der Waals surface area contributed by atoms with Crippen molar-refractivity contribution < 1.29 is 14.0 Å². The number of aromatic nitrogens is 2. The third-order valence-electron chi connectivity index (χ3n) is 5.68. The monoisotopic (exact) mass is 383 g/mol. The number of nitrogens with zero attached hydrogens (tertiary/aromatic N) is 5. The lowest BCUT2D eigenvalue weighted by atomic mass is 9.92. The second kappa shape index (κ2) is 6.94. The lowest BCUT2D eigenvalue weighted by molar-refractivity contribution is -0.123. The lowest BCUT2D eigenvalue weighted by Gasteiger charge is -2.46. The van der Waals surface area contributed by atoms with Gasteiger partial charge < -0.3 is 9.80 Å². The highest BCUT2D eigenvalue weighted by Crippen LogP contribution is 2.34. The van der Waals surface area contributed by atoms with Gasteiger partial charge in [0.25, 0.3) is 5.91 Å². The van der Waals surface area contributed by atoms with Crippen LogP contribution in [0, 0.1) is 12.7 Å². The number of aryl methyl sites for hydroxylation is 1. The SMILES string of the molecule is Cc1cnc(C(=O)N2CC[C@]3(C2)CN(c2cccc(F)c2)C(=O)CN3C)cn1. The summed E-state index contributed by atoms with van der Waals surface area (Å²) in [5.41, 5.74) is 1.25. The first-order valence-corrected chi connectivity index (χ1v) is 9.23. The van der Waals surface area contributed by atoms with Crippen molar-refractivity contribution >= 4 is 17.5 Å². The molecular weight excluding hydrogens is 361 g/mol. The number of anilines is 1. The highest BCUT2D eigenvalue weighted by Gasteiger charge is 2.48. The molecule has 1 aromatic heterocycles. The number of amides is 2. The van der Waals surface area contributed by atoms with Crippen LogP contribution in [-0.2, 0) is 4.79 Å². The van der Waals surface area contributed by atoms with E-state index in [1.165, 1.54) is 18.3 Å². The fourth-order valence-electron chi connectivity index (χ4n) is 3.97. The molecule has 0 radical (unpaired) electrons. The predicted octanol–water partition coefficient (Wildman–Crippen LogP) is 1.49. The molecule has 0 unspecified atom stereocenters. The van der Waals surface area contributed by atoms with Crippen LogP contribution in [0.4, 0.5) is 10.1 Å². The minimum atomic E-state index is -0.376. The Morgan fingerprint density at radius 3 is 2.75 bits per heavy atom. The van der Waals surface area contributed by atoms with Crippen molar-refractivity contribution in [1.82, 2.24) is 19.8 Å². The van der Waals surface area contributed by atoms with Gasteiger partial charge in [-0.1, -0.05) is 6.07 Å². The summed E-state index contributed by atoms with van der Waals surface area (Å²) in [7, 11) is 1.90. The van der Waals surface area contributed by atoms with Crippen molar-refractivity contribution in [3.05, 3.63) is 53.9 Å². The molecule has 0 saturated carbocycles. The van der Waals surface area contributed by atoms with E-state index in [2.05, 4.69) is 9.97 Å². The van der Waals surface area contributed by atoms with Crippen molar-refractivity contribution in [1.29, 1.82) is 0 Å². The number of benzene rings is 1. The first kappa shape index (κ1) is 18.5. The molecule has 3 heterocycles. The quantitative estimate of drug-likeness (QED) is 0.786. The number of hydrogen-bond donors (Lipinski definition) is 0. The number of carbonyl (C=O) groups excluding carboxylic acids is 2. The van der Waals surface area contributed by atoms with Crippen LogP contribution in [0.5, 0.6) is 0 Å². The Morgan fingerprint density at radius 2 is 2.04 bits per heavy atom. The fourth-order valence-corrected chi connectivity index (χ4v) is 3.97. The van der Waals surface area contributed by atoms with Crippen LogP contribution in [0.15, 0.2) is 36.7 Å². The molecule has 2 amide bonds. The molecule has 2 saturated heterocycles. The van der Waals surface area contributed by atoms with Crippen LogP contribution in [-0.4, -0.2) is 70.3 Å². The van der Waals surface area contributed by atoms with Crippen molar-refractivity contribution in [2.45, 2.75) is 18.9 Å². The van der Waals surface area contributed by atoms with Crippen molar-refractivity contribution in [3.8, 4) is 0 Å². The molecule has 0 N–H and O–H groups in total. The smallest absolute Gasteiger partial charge is 0.274 e. The van der Waals surface area contributed by atoms with Crippen LogP contribution in [0.25, 0.3) is 0 Å². The summed E-state index contributed by atoms with van der Waals surface area (Å²) in [4.78, 5) is 39.2. The zero-order valence-electron chi connectivity index (χ0n) is 15.9. The number of carbonyl (C=O) groups is 2. The third kappa shape index (κ3) is 3.24. The molecule has 0 aliphatic carbocycles. The van der Waals surface area contributed by atoms with Gasteiger partial charge in [-0.05, 0) is 38.6 Å². The van der Waals surface area contributed by atoms with Gasteiger partial charge in [-0.3, -0.25) is 19.5 Å². The van der Waals surface area contributed by atoms with E-state index in [-0.39, 0.29) is 29.7 Å². The summed E-state index contributed by atoms with van der Waals surface area (Å²) in [5, 5.41) is 0. The molecule has 1 spiro atoms. The average molecular weight is 383 g/mol. The Morgan fingerprint density at radius 1 is 1.21 bits per heavy atom. The largest absolute Gasteiger partial charge is 0.335 e. The molecule has 1 atom stereocenters. The molecular formula is C20H22FN5O2. The number of likely N-dealkylation sites (tertiary alicyclic amines) is 1. The van der Waals surface area contributed by atoms with Crippen LogP contribution in [0.1, 0.15) is 22.6 Å². The Hall–Kier alpha value is -2.87. The van der Waals surface area contributed by atoms with Crippen LogP contribution < -0.4 is 4.90 Å². The Bertz CT molecular complexity index is 919. The maximum Gasteiger partial charge on any atom is 0.274 e. The van der Waals surface area contributed by atoms with E-state index in [0.717, 1.165) is 12.1 Å². The van der Waals surface area contributed by atoms with Crippen LogP contribution >= 0.6 is 0 Å². The van der Waals surface area contributed by atoms with Crippen molar-refractivity contribution in [2.75, 3.05) is 38.1 Å². The Kier molecular flexibility index (Phi) is 4.58. The van der Waals surface area contributed by atoms with E-state index in [1.807, 2.05) is 18.9 Å². The zero-order chi connectivity index (χ0) is 19.9. The topological polar surface area (TPSA) is 69.6 Å². The highest BCUT2D eigenvalue weighted by atomic mass is 19.1. The summed E-state index contributed by atoms with van der Waals surface area (Å²) in [6, 6.07) is 6.07. The van der Waals surface area contributed by atoms with E-state index in [0.29, 0.717) is 31.0 Å². The van der Waals surface area contributed by atoms with Crippen molar-refractivity contribution in [2.24, 2.45) is 0 Å². The standard InChI is InChI=1S/C20H22FN5O2/c1-14-9-23-17(10-22-14)19(28)25-7-6-20(12-25)13-26(18(27)11-24(20)2)16-5-3-4-15(21)8-16/h3-5,8-10H,6-7,11-13H2,1-2H3/t20-/m0/s1. The van der Waals surface area contributed by atoms with Crippen molar-refractivity contribution in [3.63, 3.8) is 0 Å². The third-order valence-corrected chi connectivity index (χ3v) is 5.68. The summed E-state index contributed by atoms with van der Waals surface area (Å²) >= 11 is 0. The number of likely N-dealkylation sites (N-methyl/N-ethyl adjacent to an activating group) is 1. The van der Waals surface area contributed by atoms with E-state index in [1.54, 1.807) is 28.1 Å². The van der Waals surface area contributed by atoms with Gasteiger partial charge >= 0.3 is 0 Å². The second-order valence-electron chi connectivity index (χ2n) is 7.56. The van der Waals surface area contributed by atoms with Gasteiger partial charge in [-0.15, -0.1) is 0 Å². The van der Waals surface area contributed by atoms with Gasteiger partial charge in [0.1, 0.15) is 11.5 Å². The van der Waals surface area contributed by atoms with E-state index >= 15 is 0 Å². The first-order valence-electron chi connectivity index (χ1n) is 9.23. The van der Waals surface area contributed by atoms with E-state index < -0.39 is 0 Å². The molecule has 7 nitrogen and oxygen atoms in total. The minimum Gasteiger partial charge on any atom is -0.335 e. The van der Waals surface area contributed by atoms with E-state index in [4.69, 9.17) is 0 Å². The van der Waals surface area contributed by atoms with Gasteiger partial charge in [0, 0.05) is 31.5 Å². The maximum atomic E-state index is 13.7. The van der Waals surface area contributed by atoms with Crippen LogP contribution in [0.3, 0.4) is 0 Å². The van der Waals surface area contributed by atoms with E-state index in [9.17, 15) is 14.0 Å². The molecule has 1 aromatic carbocycles. The molecule has 8 heteroatoms. The lowest BCUT2D eigenvalue weighted by Crippen LogP contribution is -2.64. The molecule has 0 bridgehead atoms. The Balaban J connectivity index is 1.56. The normalized spacial score (nSPS) is 22.9. The zero-order valence-corrected chi connectivity index (χ0v) is 15.9. The molecule has 2 aliphatic rings. The molecule has 146 valence electrons. The summed E-state index contributed by atoms with van der Waals surface area (Å²) < 4.78 is 13.7. The predicted molar refractivity (Wildman–Crippen MR) is 101 cm³/mol. The van der Waals surface area contributed by atoms with Gasteiger partial charge in [0.2, 0.25) is 5.91 Å². The highest BCUT2D eigenvalue weighted by molar-refractivity contribution is 5.96. The summed E-state index contributed by atoms with van der Waals surface area (Å²) in [6.07, 6.45) is 3.81. The molecule has 4 rings (SSSR count). The summed E-state index contributed by atoms with van der Waals surface area (Å²) in [6.45, 7) is 3.51. The van der Waals surface area contributed by atoms with Gasteiger partial charge in [0.15, 0.2) is 0 Å². The average Bonchev–Trinajstić information content (AvgIpc) is 3.10. The van der Waals surface area contributed by atoms with Gasteiger partial charge in [0.05, 0.1) is 24.0 Å². The second-order valence-corrected chi connectivity index (χ2v) is 7.56. The molecule has 2 aliphatic heterocycles. The molecule has 2 fully saturated rings. The number of rotatable bonds is 2. The first-order chi connectivity index (χ1) is 13.4. The van der Waals surface area contributed by atoms with Gasteiger partial charge in [-0.25, -0.2) is 9.37 Å². The summed E-state index contributed by atoms with van der Waals surface area (Å²) in [5.74, 6) is -0.612. The maximum absolute atomic E-state index is 13.7. The fraction of sp³-hybridized carbons (Fsp3) is 0.400. The minimum absolute atomic E-state index is 0.0760. The number of hydrogen-bond acceptors (Lipinski definition) is 5. The number of halogens is 1. The molecule has 28 heavy (non-hydrogen) atoms. The van der Waals surface area contributed by atoms with Crippen LogP contribution in [0.2, 0.25) is 0 Å². The number of piperazine rings is 1. The Labute approximate surface area is 162 Å². The van der Waals surface area contributed by atoms with Gasteiger partial charge in [-0.2, -0.15) is 0 Å². The molecule has 2 aromatic rings.